The summed E-state index contributed by atoms with van der Waals surface area (Å²) < 4.78 is 38.9. The molecule has 0 spiro atoms. The van der Waals surface area contributed by atoms with Crippen LogP contribution in [0.4, 0.5) is 24.7 Å². The van der Waals surface area contributed by atoms with Gasteiger partial charge in [0.2, 0.25) is 11.7 Å². The predicted octanol–water partition coefficient (Wildman–Crippen LogP) is 5.20. The first kappa shape index (κ1) is 25.8. The average molecular weight is 510 g/mol. The fourth-order valence-corrected chi connectivity index (χ4v) is 3.86. The average Bonchev–Trinajstić information content (AvgIpc) is 3.40. The molecule has 0 atom stereocenters. The minimum absolute atomic E-state index is 0.151. The van der Waals surface area contributed by atoms with E-state index in [4.69, 9.17) is 0 Å². The van der Waals surface area contributed by atoms with Crippen LogP contribution in [0.2, 0.25) is 0 Å². The lowest BCUT2D eigenvalue weighted by molar-refractivity contribution is -0.132. The van der Waals surface area contributed by atoms with Crippen LogP contribution in [0.15, 0.2) is 60.7 Å². The van der Waals surface area contributed by atoms with Crippen LogP contribution >= 0.6 is 0 Å². The highest BCUT2D eigenvalue weighted by Crippen LogP contribution is 2.32. The Balaban J connectivity index is 1.71. The van der Waals surface area contributed by atoms with E-state index >= 15 is 0 Å². The van der Waals surface area contributed by atoms with Crippen molar-refractivity contribution in [3.63, 3.8) is 0 Å². The largest absolute Gasteiger partial charge is 0.390 e. The van der Waals surface area contributed by atoms with Crippen molar-refractivity contribution in [3.05, 3.63) is 71.8 Å². The number of anilines is 2. The van der Waals surface area contributed by atoms with Gasteiger partial charge in [0.05, 0.1) is 18.5 Å². The quantitative estimate of drug-likeness (QED) is 0.322. The van der Waals surface area contributed by atoms with Gasteiger partial charge in [0, 0.05) is 36.0 Å². The van der Waals surface area contributed by atoms with E-state index in [1.54, 1.807) is 25.1 Å². The first-order valence-corrected chi connectivity index (χ1v) is 11.7. The minimum Gasteiger partial charge on any atom is -0.356 e. The van der Waals surface area contributed by atoms with Gasteiger partial charge in [0.1, 0.15) is 5.82 Å². The second kappa shape index (κ2) is 11.2. The Morgan fingerprint density at radius 1 is 1.05 bits per heavy atom. The zero-order valence-corrected chi connectivity index (χ0v) is 20.4. The fourth-order valence-electron chi connectivity index (χ4n) is 3.86. The van der Waals surface area contributed by atoms with Crippen LogP contribution < -0.4 is 10.2 Å². The maximum absolute atomic E-state index is 13.0. The van der Waals surface area contributed by atoms with E-state index in [2.05, 4.69) is 30.9 Å². The molecule has 8 nitrogen and oxygen atoms in total. The lowest BCUT2D eigenvalue weighted by Gasteiger charge is -2.24. The van der Waals surface area contributed by atoms with Gasteiger partial charge in [0.25, 0.3) is 0 Å². The number of aromatic amines is 1. The summed E-state index contributed by atoms with van der Waals surface area (Å²) in [6.45, 7) is 3.76. The number of nitrogens with one attached hydrogen (secondary N) is 2. The third kappa shape index (κ3) is 6.90. The van der Waals surface area contributed by atoms with Crippen molar-refractivity contribution in [2.24, 2.45) is 0 Å². The number of hydrogen-bond acceptors (Lipinski definition) is 6. The zero-order chi connectivity index (χ0) is 26.4. The van der Waals surface area contributed by atoms with Gasteiger partial charge in [-0.15, -0.1) is 10.2 Å². The van der Waals surface area contributed by atoms with E-state index in [1.165, 1.54) is 4.90 Å². The SMILES string of the molecule is CCN(CCC(F)(F)F)c1cc(NC(=O)Cc2ccc(C)cc2)cc(-c2ccccc2-c2nn[nH]n2)n1. The van der Waals surface area contributed by atoms with Crippen LogP contribution in [0.3, 0.4) is 0 Å². The number of halogens is 3. The summed E-state index contributed by atoms with van der Waals surface area (Å²) in [4.78, 5) is 19.0. The Kier molecular flexibility index (Phi) is 7.80. The molecule has 2 N–H and O–H groups in total. The number of rotatable bonds is 9. The Bertz CT molecular complexity index is 1340. The van der Waals surface area contributed by atoms with Gasteiger partial charge in [-0.1, -0.05) is 54.1 Å². The Morgan fingerprint density at radius 2 is 1.78 bits per heavy atom. The van der Waals surface area contributed by atoms with Gasteiger partial charge in [-0.2, -0.15) is 18.4 Å². The first-order valence-electron chi connectivity index (χ1n) is 11.7. The molecule has 192 valence electrons. The van der Waals surface area contributed by atoms with Gasteiger partial charge < -0.3 is 10.2 Å². The van der Waals surface area contributed by atoms with Crippen molar-refractivity contribution in [3.8, 4) is 22.6 Å². The summed E-state index contributed by atoms with van der Waals surface area (Å²) in [5, 5.41) is 17.0. The van der Waals surface area contributed by atoms with Crippen LogP contribution in [0.5, 0.6) is 0 Å². The van der Waals surface area contributed by atoms with Gasteiger partial charge in [-0.3, -0.25) is 4.79 Å². The number of alkyl halides is 3. The van der Waals surface area contributed by atoms with E-state index < -0.39 is 12.6 Å². The summed E-state index contributed by atoms with van der Waals surface area (Å²) in [6.07, 6.45) is -5.14. The van der Waals surface area contributed by atoms with Crippen molar-refractivity contribution >= 4 is 17.4 Å². The van der Waals surface area contributed by atoms with E-state index in [-0.39, 0.29) is 18.9 Å². The van der Waals surface area contributed by atoms with Gasteiger partial charge in [-0.05, 0) is 30.7 Å². The topological polar surface area (TPSA) is 99.7 Å². The third-order valence-corrected chi connectivity index (χ3v) is 5.74. The van der Waals surface area contributed by atoms with E-state index in [1.807, 2.05) is 49.4 Å². The Morgan fingerprint density at radius 3 is 2.43 bits per heavy atom. The molecule has 0 aliphatic heterocycles. The molecule has 4 aromatic rings. The summed E-state index contributed by atoms with van der Waals surface area (Å²) in [5.41, 5.74) is 4.09. The molecule has 2 aromatic carbocycles. The number of carbonyl (C=O) groups is 1. The maximum atomic E-state index is 13.0. The normalized spacial score (nSPS) is 11.4. The second-order valence-corrected chi connectivity index (χ2v) is 8.54. The van der Waals surface area contributed by atoms with Crippen molar-refractivity contribution in [2.75, 3.05) is 23.3 Å². The fraction of sp³-hybridized carbons (Fsp3) is 0.269. The molecule has 0 aliphatic carbocycles. The summed E-state index contributed by atoms with van der Waals surface area (Å²) in [6, 6.07) is 18.1. The Labute approximate surface area is 211 Å². The summed E-state index contributed by atoms with van der Waals surface area (Å²) >= 11 is 0. The molecular weight excluding hydrogens is 483 g/mol. The Hall–Kier alpha value is -4.28. The molecule has 0 radical (unpaired) electrons. The highest BCUT2D eigenvalue weighted by atomic mass is 19.4. The molecule has 4 rings (SSSR count). The first-order chi connectivity index (χ1) is 17.7. The zero-order valence-electron chi connectivity index (χ0n) is 20.4. The van der Waals surface area contributed by atoms with Crippen molar-refractivity contribution in [1.82, 2.24) is 25.6 Å². The number of benzene rings is 2. The maximum Gasteiger partial charge on any atom is 0.390 e. The minimum atomic E-state index is -4.30. The lowest BCUT2D eigenvalue weighted by atomic mass is 10.0. The second-order valence-electron chi connectivity index (χ2n) is 8.54. The molecular formula is C26H26F3N7O. The van der Waals surface area contributed by atoms with E-state index in [0.29, 0.717) is 40.7 Å². The lowest BCUT2D eigenvalue weighted by Crippen LogP contribution is -2.29. The number of carbonyl (C=O) groups excluding carboxylic acids is 1. The number of aromatic nitrogens is 5. The van der Waals surface area contributed by atoms with E-state index in [9.17, 15) is 18.0 Å². The molecule has 0 bridgehead atoms. The van der Waals surface area contributed by atoms with Gasteiger partial charge in [-0.25, -0.2) is 4.98 Å². The number of hydrogen-bond donors (Lipinski definition) is 2. The number of H-pyrrole nitrogens is 1. The molecule has 0 saturated heterocycles. The molecule has 0 fully saturated rings. The number of aryl methyl sites for hydroxylation is 1. The van der Waals surface area contributed by atoms with E-state index in [0.717, 1.165) is 11.1 Å². The molecule has 2 heterocycles. The number of pyridine rings is 1. The van der Waals surface area contributed by atoms with Crippen LogP contribution in [0.1, 0.15) is 24.5 Å². The third-order valence-electron chi connectivity index (χ3n) is 5.74. The molecule has 37 heavy (non-hydrogen) atoms. The number of amides is 1. The molecule has 0 aliphatic rings. The van der Waals surface area contributed by atoms with Crippen molar-refractivity contribution in [1.29, 1.82) is 0 Å². The van der Waals surface area contributed by atoms with Gasteiger partial charge >= 0.3 is 6.18 Å². The van der Waals surface area contributed by atoms with Crippen LogP contribution in [-0.2, 0) is 11.2 Å². The predicted molar refractivity (Wildman–Crippen MR) is 135 cm³/mol. The number of nitrogens with zero attached hydrogens (tertiary/aromatic N) is 5. The standard InChI is InChI=1S/C26H26F3N7O/c1-3-36(13-12-26(27,28)29)23-16-19(30-24(37)14-18-10-8-17(2)9-11-18)15-22(31-23)20-6-4-5-7-21(20)25-32-34-35-33-25/h4-11,15-16H,3,12-14H2,1-2H3,(H,30,31,37)(H,32,33,34,35). The van der Waals surface area contributed by atoms with Crippen LogP contribution in [0, 0.1) is 6.92 Å². The molecule has 0 saturated carbocycles. The molecule has 0 unspecified atom stereocenters. The van der Waals surface area contributed by atoms with Crippen LogP contribution in [-0.4, -0.2) is 50.8 Å². The van der Waals surface area contributed by atoms with Gasteiger partial charge in [0.15, 0.2) is 0 Å². The molecule has 2 aromatic heterocycles. The highest BCUT2D eigenvalue weighted by Gasteiger charge is 2.28. The van der Waals surface area contributed by atoms with Crippen LogP contribution in [0.25, 0.3) is 22.6 Å². The summed E-state index contributed by atoms with van der Waals surface area (Å²) in [5.74, 6) is 0.409. The van der Waals surface area contributed by atoms with Crippen molar-refractivity contribution in [2.45, 2.75) is 32.9 Å². The molecule has 1 amide bonds. The highest BCUT2D eigenvalue weighted by molar-refractivity contribution is 5.93. The summed E-state index contributed by atoms with van der Waals surface area (Å²) in [7, 11) is 0. The molecule has 11 heteroatoms. The number of tetrazole rings is 1. The van der Waals surface area contributed by atoms with Crippen molar-refractivity contribution < 1.29 is 18.0 Å². The smallest absolute Gasteiger partial charge is 0.356 e. The monoisotopic (exact) mass is 509 g/mol.